The van der Waals surface area contributed by atoms with Crippen molar-refractivity contribution in [2.24, 2.45) is 0 Å². The Morgan fingerprint density at radius 2 is 1.86 bits per heavy atom. The lowest BCUT2D eigenvalue weighted by molar-refractivity contribution is -0.142. The third kappa shape index (κ3) is 7.49. The number of nitrogens with zero attached hydrogens (tertiary/aromatic N) is 1. The van der Waals surface area contributed by atoms with Gasteiger partial charge in [-0.3, -0.25) is 9.69 Å². The Labute approximate surface area is 131 Å². The molecule has 0 N–H and O–H groups in total. The molecule has 1 fully saturated rings. The first kappa shape index (κ1) is 18.7. The number of carbonyl (C=O) groups excluding carboxylic acids is 1. The second kappa shape index (κ2) is 7.80. The van der Waals surface area contributed by atoms with Crippen molar-refractivity contribution in [2.75, 3.05) is 38.3 Å². The van der Waals surface area contributed by atoms with E-state index >= 15 is 0 Å². The van der Waals surface area contributed by atoms with Gasteiger partial charge in [0.15, 0.2) is 9.84 Å². The van der Waals surface area contributed by atoms with Crippen molar-refractivity contribution in [2.45, 2.75) is 38.0 Å². The summed E-state index contributed by atoms with van der Waals surface area (Å²) in [4.78, 5) is 13.5. The van der Waals surface area contributed by atoms with Crippen molar-refractivity contribution in [3.63, 3.8) is 0 Å². The third-order valence-corrected chi connectivity index (χ3v) is 5.46. The quantitative estimate of drug-likeness (QED) is 0.530. The number of carbonyl (C=O) groups is 1. The van der Waals surface area contributed by atoms with Gasteiger partial charge in [0.25, 0.3) is 0 Å². The molecule has 124 valence electrons. The van der Waals surface area contributed by atoms with Gasteiger partial charge in [-0.25, -0.2) is 8.42 Å². The topological polar surface area (TPSA) is 72.9 Å². The number of rotatable bonds is 6. The first-order valence-electron chi connectivity index (χ1n) is 6.95. The molecule has 1 aliphatic heterocycles. The highest BCUT2D eigenvalue weighted by Gasteiger charge is 2.29. The highest BCUT2D eigenvalue weighted by molar-refractivity contribution is 7.96. The molecule has 8 heteroatoms. The maximum atomic E-state index is 11.5. The molecule has 0 radical (unpaired) electrons. The molecule has 6 nitrogen and oxygen atoms in total. The zero-order valence-corrected chi connectivity index (χ0v) is 14.8. The second-order valence-electron chi connectivity index (χ2n) is 6.10. The Balaban J connectivity index is 2.58. The average molecular weight is 339 g/mol. The summed E-state index contributed by atoms with van der Waals surface area (Å²) in [5.74, 6) is -0.0356. The molecule has 0 aromatic carbocycles. The number of esters is 1. The zero-order chi connectivity index (χ0) is 16.1. The van der Waals surface area contributed by atoms with Gasteiger partial charge in [0.2, 0.25) is 0 Å². The van der Waals surface area contributed by atoms with Crippen molar-refractivity contribution < 1.29 is 22.1 Å². The number of sulfone groups is 1. The van der Waals surface area contributed by atoms with E-state index in [-0.39, 0.29) is 34.7 Å². The molecule has 1 atom stereocenters. The van der Waals surface area contributed by atoms with Gasteiger partial charge in [0.05, 0.1) is 31.6 Å². The van der Waals surface area contributed by atoms with Gasteiger partial charge in [0.1, 0.15) is 0 Å². The molecule has 0 aromatic rings. The summed E-state index contributed by atoms with van der Waals surface area (Å²) in [5, 5.41) is 0. The van der Waals surface area contributed by atoms with E-state index in [9.17, 15) is 13.2 Å². The van der Waals surface area contributed by atoms with Gasteiger partial charge >= 0.3 is 5.97 Å². The number of hydrogen-bond acceptors (Lipinski definition) is 7. The van der Waals surface area contributed by atoms with Crippen molar-refractivity contribution >= 4 is 27.8 Å². The zero-order valence-electron chi connectivity index (χ0n) is 13.1. The van der Waals surface area contributed by atoms with E-state index in [2.05, 4.69) is 0 Å². The summed E-state index contributed by atoms with van der Waals surface area (Å²) in [7, 11) is -1.58. The van der Waals surface area contributed by atoms with Crippen LogP contribution >= 0.6 is 12.0 Å². The SMILES string of the molecule is COC(=O)CC(COSC(C)(C)C)N1CCS(=O)(=O)CC1. The Bertz CT molecular complexity index is 430. The molecule has 0 bridgehead atoms. The number of methoxy groups -OCH3 is 1. The van der Waals surface area contributed by atoms with Crippen molar-refractivity contribution in [1.82, 2.24) is 4.90 Å². The molecule has 1 heterocycles. The van der Waals surface area contributed by atoms with Crippen LogP contribution in [-0.2, 0) is 23.6 Å². The van der Waals surface area contributed by atoms with Gasteiger partial charge in [-0.05, 0) is 32.8 Å². The van der Waals surface area contributed by atoms with Crippen LogP contribution in [0.25, 0.3) is 0 Å². The summed E-state index contributed by atoms with van der Waals surface area (Å²) in [6.07, 6.45) is 0.210. The molecule has 1 aliphatic rings. The Hall–Kier alpha value is -0.310. The fourth-order valence-electron chi connectivity index (χ4n) is 1.95. The summed E-state index contributed by atoms with van der Waals surface area (Å²) in [5.41, 5.74) is 0. The first-order chi connectivity index (χ1) is 9.63. The van der Waals surface area contributed by atoms with E-state index in [4.69, 9.17) is 8.92 Å². The van der Waals surface area contributed by atoms with E-state index in [1.807, 2.05) is 25.7 Å². The standard InChI is InChI=1S/C13H25NO5S2/c1-13(2,3)20-19-10-11(9-12(15)18-4)14-5-7-21(16,17)8-6-14/h11H,5-10H2,1-4H3. The molecule has 1 saturated heterocycles. The normalized spacial score (nSPS) is 21.0. The lowest BCUT2D eigenvalue weighted by atomic mass is 10.2. The highest BCUT2D eigenvalue weighted by Crippen LogP contribution is 2.25. The molecule has 1 rings (SSSR count). The van der Waals surface area contributed by atoms with Crippen LogP contribution in [-0.4, -0.2) is 68.4 Å². The van der Waals surface area contributed by atoms with Gasteiger partial charge in [0, 0.05) is 23.9 Å². The molecule has 0 aliphatic carbocycles. The van der Waals surface area contributed by atoms with E-state index in [0.717, 1.165) is 0 Å². The smallest absolute Gasteiger partial charge is 0.307 e. The minimum absolute atomic E-state index is 0.0267. The number of hydrogen-bond donors (Lipinski definition) is 0. The fraction of sp³-hybridized carbons (Fsp3) is 0.923. The van der Waals surface area contributed by atoms with E-state index in [0.29, 0.717) is 19.7 Å². The summed E-state index contributed by atoms with van der Waals surface area (Å²) in [6.45, 7) is 7.37. The lowest BCUT2D eigenvalue weighted by Gasteiger charge is -2.33. The maximum Gasteiger partial charge on any atom is 0.307 e. The molecule has 1 unspecified atom stereocenters. The minimum atomic E-state index is -2.93. The molecule has 0 saturated carbocycles. The van der Waals surface area contributed by atoms with E-state index in [1.165, 1.54) is 19.2 Å². The summed E-state index contributed by atoms with van der Waals surface area (Å²) in [6, 6.07) is -0.150. The second-order valence-corrected chi connectivity index (χ2v) is 10.0. The predicted octanol–water partition coefficient (Wildman–Crippen LogP) is 1.11. The van der Waals surface area contributed by atoms with Gasteiger partial charge in [-0.1, -0.05) is 0 Å². The molecular weight excluding hydrogens is 314 g/mol. The maximum absolute atomic E-state index is 11.5. The summed E-state index contributed by atoms with van der Waals surface area (Å²) < 4.78 is 33.3. The van der Waals surface area contributed by atoms with Crippen molar-refractivity contribution in [1.29, 1.82) is 0 Å². The number of ether oxygens (including phenoxy) is 1. The largest absolute Gasteiger partial charge is 0.469 e. The van der Waals surface area contributed by atoms with Gasteiger partial charge in [-0.2, -0.15) is 0 Å². The van der Waals surface area contributed by atoms with Gasteiger partial charge in [-0.15, -0.1) is 0 Å². The van der Waals surface area contributed by atoms with E-state index < -0.39 is 9.84 Å². The molecule has 0 aromatic heterocycles. The molecule has 0 spiro atoms. The van der Waals surface area contributed by atoms with Crippen LogP contribution in [0.1, 0.15) is 27.2 Å². The van der Waals surface area contributed by atoms with Crippen LogP contribution in [0.15, 0.2) is 0 Å². The predicted molar refractivity (Wildman–Crippen MR) is 83.9 cm³/mol. The minimum Gasteiger partial charge on any atom is -0.469 e. The monoisotopic (exact) mass is 339 g/mol. The average Bonchev–Trinajstić information content (AvgIpc) is 2.36. The van der Waals surface area contributed by atoms with Crippen LogP contribution in [0.2, 0.25) is 0 Å². The fourth-order valence-corrected chi connectivity index (χ4v) is 3.76. The van der Waals surface area contributed by atoms with Crippen molar-refractivity contribution in [3.8, 4) is 0 Å². The van der Waals surface area contributed by atoms with E-state index in [1.54, 1.807) is 0 Å². The first-order valence-corrected chi connectivity index (χ1v) is 9.51. The Kier molecular flexibility index (Phi) is 6.96. The third-order valence-electron chi connectivity index (χ3n) is 3.09. The van der Waals surface area contributed by atoms with Crippen LogP contribution in [0.3, 0.4) is 0 Å². The lowest BCUT2D eigenvalue weighted by Crippen LogP contribution is -2.48. The molecule has 21 heavy (non-hydrogen) atoms. The summed E-state index contributed by atoms with van der Waals surface area (Å²) >= 11 is 1.36. The van der Waals surface area contributed by atoms with Crippen LogP contribution in [0, 0.1) is 0 Å². The Morgan fingerprint density at radius 3 is 2.33 bits per heavy atom. The van der Waals surface area contributed by atoms with Crippen LogP contribution in [0.4, 0.5) is 0 Å². The van der Waals surface area contributed by atoms with Gasteiger partial charge < -0.3 is 8.92 Å². The Morgan fingerprint density at radius 1 is 1.29 bits per heavy atom. The molecule has 0 amide bonds. The molecular formula is C13H25NO5S2. The van der Waals surface area contributed by atoms with Crippen LogP contribution in [0.5, 0.6) is 0 Å². The highest BCUT2D eigenvalue weighted by atomic mass is 32.2. The van der Waals surface area contributed by atoms with Crippen LogP contribution < -0.4 is 0 Å². The van der Waals surface area contributed by atoms with Crippen molar-refractivity contribution in [3.05, 3.63) is 0 Å².